The van der Waals surface area contributed by atoms with Gasteiger partial charge in [-0.2, -0.15) is 0 Å². The Balaban J connectivity index is 1.99. The maximum atomic E-state index is 10.5. The number of hydrogen-bond acceptors (Lipinski definition) is 5. The predicted molar refractivity (Wildman–Crippen MR) is 70.7 cm³/mol. The number of nitrogens with one attached hydrogen (secondary N) is 1. The number of anilines is 1. The molecule has 2 aromatic rings. The summed E-state index contributed by atoms with van der Waals surface area (Å²) in [5.74, 6) is 0. The van der Waals surface area contributed by atoms with Crippen LogP contribution in [0.25, 0.3) is 0 Å². The molecule has 5 nitrogen and oxygen atoms in total. The Morgan fingerprint density at radius 3 is 2.83 bits per heavy atom. The van der Waals surface area contributed by atoms with E-state index in [1.807, 2.05) is 24.3 Å². The first-order chi connectivity index (χ1) is 8.69. The lowest BCUT2D eigenvalue weighted by molar-refractivity contribution is -0.380. The van der Waals surface area contributed by atoms with E-state index in [0.29, 0.717) is 6.54 Å². The molecule has 94 valence electrons. The molecule has 18 heavy (non-hydrogen) atoms. The summed E-state index contributed by atoms with van der Waals surface area (Å²) in [7, 11) is 0. The van der Waals surface area contributed by atoms with Crippen LogP contribution in [0.2, 0.25) is 0 Å². The second-order valence-corrected chi connectivity index (χ2v) is 4.86. The van der Waals surface area contributed by atoms with Crippen LogP contribution in [0.1, 0.15) is 10.4 Å². The lowest BCUT2D eigenvalue weighted by Gasteiger charge is -2.05. The lowest BCUT2D eigenvalue weighted by Crippen LogP contribution is -1.97. The Morgan fingerprint density at radius 2 is 2.17 bits per heavy atom. The van der Waals surface area contributed by atoms with Gasteiger partial charge in [0.15, 0.2) is 0 Å². The molecule has 0 bridgehead atoms. The summed E-state index contributed by atoms with van der Waals surface area (Å²) in [6.45, 7) is 0.535. The van der Waals surface area contributed by atoms with E-state index >= 15 is 0 Å². The second kappa shape index (κ2) is 5.61. The fraction of sp³-hybridized carbons (Fsp3) is 0.167. The topological polar surface area (TPSA) is 75.4 Å². The van der Waals surface area contributed by atoms with Gasteiger partial charge in [-0.05, 0) is 23.8 Å². The largest absolute Gasteiger partial charge is 0.392 e. The van der Waals surface area contributed by atoms with Crippen LogP contribution in [0.15, 0.2) is 36.4 Å². The summed E-state index contributed by atoms with van der Waals surface area (Å²) < 4.78 is 0. The van der Waals surface area contributed by atoms with Crippen LogP contribution < -0.4 is 5.32 Å². The van der Waals surface area contributed by atoms with Gasteiger partial charge < -0.3 is 10.4 Å². The molecule has 6 heteroatoms. The van der Waals surface area contributed by atoms with Crippen molar-refractivity contribution >= 4 is 22.0 Å². The normalized spacial score (nSPS) is 10.3. The summed E-state index contributed by atoms with van der Waals surface area (Å²) in [5.41, 5.74) is 1.72. The molecular formula is C12H12N2O3S. The molecule has 0 amide bonds. The van der Waals surface area contributed by atoms with Gasteiger partial charge in [0.1, 0.15) is 0 Å². The molecule has 1 aromatic heterocycles. The van der Waals surface area contributed by atoms with Gasteiger partial charge in [-0.15, -0.1) is 0 Å². The molecule has 1 aromatic carbocycles. The SMILES string of the molecule is O=[N+]([O-])c1ccc(CNc2cccc(CO)c2)s1. The van der Waals surface area contributed by atoms with E-state index in [2.05, 4.69) is 5.32 Å². The molecule has 2 rings (SSSR count). The number of aliphatic hydroxyl groups is 1. The van der Waals surface area contributed by atoms with Crippen molar-refractivity contribution in [2.75, 3.05) is 5.32 Å². The fourth-order valence-corrected chi connectivity index (χ4v) is 2.29. The van der Waals surface area contributed by atoms with E-state index in [1.165, 1.54) is 6.07 Å². The average Bonchev–Trinajstić information content (AvgIpc) is 2.85. The van der Waals surface area contributed by atoms with E-state index in [9.17, 15) is 10.1 Å². The Labute approximate surface area is 108 Å². The first kappa shape index (κ1) is 12.5. The fourth-order valence-electron chi connectivity index (χ4n) is 1.53. The third-order valence-corrected chi connectivity index (χ3v) is 3.44. The highest BCUT2D eigenvalue weighted by Crippen LogP contribution is 2.24. The van der Waals surface area contributed by atoms with Gasteiger partial charge in [-0.25, -0.2) is 0 Å². The van der Waals surface area contributed by atoms with Crippen molar-refractivity contribution in [1.82, 2.24) is 0 Å². The first-order valence-corrected chi connectivity index (χ1v) is 6.17. The third-order valence-electron chi connectivity index (χ3n) is 2.40. The predicted octanol–water partition coefficient (Wildman–Crippen LogP) is 2.76. The Hall–Kier alpha value is -1.92. The smallest absolute Gasteiger partial charge is 0.324 e. The summed E-state index contributed by atoms with van der Waals surface area (Å²) in [6, 6.07) is 10.7. The molecule has 0 radical (unpaired) electrons. The van der Waals surface area contributed by atoms with Gasteiger partial charge in [-0.1, -0.05) is 23.5 Å². The number of hydrogen-bond donors (Lipinski definition) is 2. The molecule has 0 fully saturated rings. The first-order valence-electron chi connectivity index (χ1n) is 5.36. The molecule has 0 aliphatic heterocycles. The molecule has 0 saturated carbocycles. The zero-order valence-corrected chi connectivity index (χ0v) is 10.3. The van der Waals surface area contributed by atoms with Crippen molar-refractivity contribution in [3.63, 3.8) is 0 Å². The van der Waals surface area contributed by atoms with Crippen LogP contribution >= 0.6 is 11.3 Å². The maximum Gasteiger partial charge on any atom is 0.324 e. The van der Waals surface area contributed by atoms with Crippen LogP contribution in [0.3, 0.4) is 0 Å². The van der Waals surface area contributed by atoms with Crippen molar-refractivity contribution in [1.29, 1.82) is 0 Å². The van der Waals surface area contributed by atoms with E-state index < -0.39 is 0 Å². The van der Waals surface area contributed by atoms with E-state index in [4.69, 9.17) is 5.11 Å². The van der Waals surface area contributed by atoms with Gasteiger partial charge in [0.2, 0.25) is 0 Å². The summed E-state index contributed by atoms with van der Waals surface area (Å²) in [6.07, 6.45) is 0. The summed E-state index contributed by atoms with van der Waals surface area (Å²) in [5, 5.41) is 22.9. The van der Waals surface area contributed by atoms with E-state index in [0.717, 1.165) is 27.5 Å². The Kier molecular flexibility index (Phi) is 3.91. The Bertz CT molecular complexity index is 554. The van der Waals surface area contributed by atoms with Crippen LogP contribution in [0, 0.1) is 10.1 Å². The minimum absolute atomic E-state index is 0.00000618. The van der Waals surface area contributed by atoms with Crippen LogP contribution in [-0.2, 0) is 13.2 Å². The molecule has 0 atom stereocenters. The summed E-state index contributed by atoms with van der Waals surface area (Å²) >= 11 is 1.16. The number of nitro groups is 1. The van der Waals surface area contributed by atoms with E-state index in [1.54, 1.807) is 6.07 Å². The maximum absolute atomic E-state index is 10.5. The zero-order chi connectivity index (χ0) is 13.0. The van der Waals surface area contributed by atoms with Gasteiger partial charge >= 0.3 is 5.00 Å². The van der Waals surface area contributed by atoms with Crippen LogP contribution in [0.4, 0.5) is 10.7 Å². The molecule has 2 N–H and O–H groups in total. The average molecular weight is 264 g/mol. The minimum atomic E-state index is -0.388. The van der Waals surface area contributed by atoms with Gasteiger partial charge in [-0.3, -0.25) is 10.1 Å². The molecule has 0 spiro atoms. The minimum Gasteiger partial charge on any atom is -0.392 e. The molecule has 0 aliphatic carbocycles. The molecule has 1 heterocycles. The monoisotopic (exact) mass is 264 g/mol. The van der Waals surface area contributed by atoms with Crippen molar-refractivity contribution in [2.24, 2.45) is 0 Å². The second-order valence-electron chi connectivity index (χ2n) is 3.71. The highest BCUT2D eigenvalue weighted by Gasteiger charge is 2.09. The molecule has 0 unspecified atom stereocenters. The molecule has 0 saturated heterocycles. The van der Waals surface area contributed by atoms with Gasteiger partial charge in [0.05, 0.1) is 11.5 Å². The zero-order valence-electron chi connectivity index (χ0n) is 9.50. The highest BCUT2D eigenvalue weighted by atomic mass is 32.1. The number of rotatable bonds is 5. The molecular weight excluding hydrogens is 252 g/mol. The van der Waals surface area contributed by atoms with E-state index in [-0.39, 0.29) is 16.5 Å². The third kappa shape index (κ3) is 3.06. The molecule has 0 aliphatic rings. The van der Waals surface area contributed by atoms with Crippen molar-refractivity contribution < 1.29 is 10.0 Å². The summed E-state index contributed by atoms with van der Waals surface area (Å²) in [4.78, 5) is 11.1. The van der Waals surface area contributed by atoms with Gasteiger partial charge in [0, 0.05) is 23.2 Å². The van der Waals surface area contributed by atoms with Gasteiger partial charge in [0.25, 0.3) is 0 Å². The number of nitrogens with zero attached hydrogens (tertiary/aromatic N) is 1. The number of benzene rings is 1. The van der Waals surface area contributed by atoms with Crippen LogP contribution in [0.5, 0.6) is 0 Å². The Morgan fingerprint density at radius 1 is 1.33 bits per heavy atom. The highest BCUT2D eigenvalue weighted by molar-refractivity contribution is 7.15. The van der Waals surface area contributed by atoms with Crippen molar-refractivity contribution in [3.8, 4) is 0 Å². The number of thiophene rings is 1. The van der Waals surface area contributed by atoms with Crippen LogP contribution in [-0.4, -0.2) is 10.0 Å². The van der Waals surface area contributed by atoms with Crippen molar-refractivity contribution in [2.45, 2.75) is 13.2 Å². The number of aliphatic hydroxyl groups excluding tert-OH is 1. The quantitative estimate of drug-likeness (QED) is 0.643. The van der Waals surface area contributed by atoms with Crippen molar-refractivity contribution in [3.05, 3.63) is 57.0 Å². The lowest BCUT2D eigenvalue weighted by atomic mass is 10.2. The standard InChI is InChI=1S/C12H12N2O3S/c15-8-9-2-1-3-10(6-9)13-7-11-4-5-12(18-11)14(16)17/h1-6,13,15H,7-8H2.